The molecule has 1 aliphatic rings. The van der Waals surface area contributed by atoms with E-state index in [1.807, 2.05) is 18.5 Å². The quantitative estimate of drug-likeness (QED) is 0.842. The molecular weight excluding hydrogens is 298 g/mol. The Morgan fingerprint density at radius 1 is 1.27 bits per heavy atom. The normalized spacial score (nSPS) is 16.8. The molecule has 0 bridgehead atoms. The molecule has 1 saturated heterocycles. The van der Waals surface area contributed by atoms with Gasteiger partial charge in [0.05, 0.1) is 36.5 Å². The van der Waals surface area contributed by atoms with Crippen LogP contribution in [-0.4, -0.2) is 54.1 Å². The first-order chi connectivity index (χ1) is 10.5. The second kappa shape index (κ2) is 10.1. The highest BCUT2D eigenvalue weighted by Gasteiger charge is 2.20. The third-order valence-corrected chi connectivity index (χ3v) is 3.93. The zero-order valence-electron chi connectivity index (χ0n) is 14.6. The number of morpholine rings is 1. The molecule has 2 rings (SSSR count). The monoisotopic (exact) mass is 329 g/mol. The van der Waals surface area contributed by atoms with Crippen molar-refractivity contribution >= 4 is 12.6 Å². The van der Waals surface area contributed by atoms with Crippen LogP contribution in [0, 0.1) is 6.92 Å². The van der Waals surface area contributed by atoms with Crippen molar-refractivity contribution in [2.75, 3.05) is 39.5 Å². The molecule has 1 aromatic heterocycles. The fourth-order valence-corrected chi connectivity index (χ4v) is 2.59. The van der Waals surface area contributed by atoms with Gasteiger partial charge >= 0.3 is 0 Å². The van der Waals surface area contributed by atoms with Gasteiger partial charge in [-0.1, -0.05) is 20.3 Å². The predicted octanol–water partition coefficient (Wildman–Crippen LogP) is 3.19. The molecule has 5 nitrogen and oxygen atoms in total. The number of rotatable bonds is 5. The maximum Gasteiger partial charge on any atom is 0.246 e. The maximum absolute atomic E-state index is 5.50. The Morgan fingerprint density at radius 3 is 2.41 bits per heavy atom. The van der Waals surface area contributed by atoms with Crippen molar-refractivity contribution in [2.24, 2.45) is 0 Å². The van der Waals surface area contributed by atoms with Gasteiger partial charge in [0, 0.05) is 19.6 Å². The van der Waals surface area contributed by atoms with Crippen molar-refractivity contribution < 1.29 is 9.47 Å². The molecule has 6 heteroatoms. The summed E-state index contributed by atoms with van der Waals surface area (Å²) in [5, 5.41) is 4.52. The lowest BCUT2D eigenvalue weighted by atomic mass is 10.3. The summed E-state index contributed by atoms with van der Waals surface area (Å²) in [6, 6.07) is 0.304. The van der Waals surface area contributed by atoms with Crippen molar-refractivity contribution in [3.8, 4) is 5.88 Å². The van der Waals surface area contributed by atoms with Gasteiger partial charge in [-0.3, -0.25) is 9.58 Å². The van der Waals surface area contributed by atoms with Crippen LogP contribution in [0.3, 0.4) is 0 Å². The van der Waals surface area contributed by atoms with Gasteiger partial charge in [0.2, 0.25) is 5.88 Å². The molecule has 128 valence electrons. The molecule has 0 unspecified atom stereocenters. The Hall–Kier alpha value is -0.720. The largest absolute Gasteiger partial charge is 0.476 e. The van der Waals surface area contributed by atoms with Crippen LogP contribution in [0.25, 0.3) is 0 Å². The summed E-state index contributed by atoms with van der Waals surface area (Å²) in [5.41, 5.74) is 1.06. The Balaban J connectivity index is 0.000000745. The SMILES string of the molecule is CCC.CCOc1nn([C@@H](C)CN2CCOCC2)c(C)c1S. The Morgan fingerprint density at radius 2 is 1.86 bits per heavy atom. The second-order valence-corrected chi connectivity index (χ2v) is 6.03. The predicted molar refractivity (Wildman–Crippen MR) is 93.3 cm³/mol. The van der Waals surface area contributed by atoms with Gasteiger partial charge in [0.15, 0.2) is 0 Å². The molecule has 1 atom stereocenters. The summed E-state index contributed by atoms with van der Waals surface area (Å²) in [6.45, 7) is 15.7. The number of nitrogens with zero attached hydrogens (tertiary/aromatic N) is 3. The molecule has 0 saturated carbocycles. The van der Waals surface area contributed by atoms with Crippen LogP contribution in [0.5, 0.6) is 5.88 Å². The third kappa shape index (κ3) is 5.48. The number of hydrogen-bond acceptors (Lipinski definition) is 5. The smallest absolute Gasteiger partial charge is 0.246 e. The minimum absolute atomic E-state index is 0.304. The summed E-state index contributed by atoms with van der Waals surface area (Å²) in [6.07, 6.45) is 1.25. The van der Waals surface area contributed by atoms with Gasteiger partial charge in [-0.25, -0.2) is 0 Å². The number of ether oxygens (including phenoxy) is 2. The topological polar surface area (TPSA) is 39.5 Å². The van der Waals surface area contributed by atoms with E-state index in [0.29, 0.717) is 18.5 Å². The van der Waals surface area contributed by atoms with E-state index in [9.17, 15) is 0 Å². The summed E-state index contributed by atoms with van der Waals surface area (Å²) in [5.74, 6) is 0.636. The van der Waals surface area contributed by atoms with Gasteiger partial charge in [-0.05, 0) is 20.8 Å². The molecule has 0 radical (unpaired) electrons. The van der Waals surface area contributed by atoms with Crippen LogP contribution >= 0.6 is 12.6 Å². The van der Waals surface area contributed by atoms with Crippen molar-refractivity contribution in [3.63, 3.8) is 0 Å². The summed E-state index contributed by atoms with van der Waals surface area (Å²) in [7, 11) is 0. The van der Waals surface area contributed by atoms with Crippen molar-refractivity contribution in [1.29, 1.82) is 0 Å². The van der Waals surface area contributed by atoms with E-state index in [1.165, 1.54) is 6.42 Å². The van der Waals surface area contributed by atoms with Crippen LogP contribution in [0.4, 0.5) is 0 Å². The van der Waals surface area contributed by atoms with Crippen molar-refractivity contribution in [3.05, 3.63) is 5.69 Å². The Labute approximate surface area is 140 Å². The summed E-state index contributed by atoms with van der Waals surface area (Å²) >= 11 is 4.48. The molecule has 22 heavy (non-hydrogen) atoms. The Kier molecular flexibility index (Phi) is 8.90. The molecule has 0 spiro atoms. The van der Waals surface area contributed by atoms with Crippen LogP contribution in [0.1, 0.15) is 45.9 Å². The van der Waals surface area contributed by atoms with Crippen LogP contribution in [0.15, 0.2) is 4.90 Å². The van der Waals surface area contributed by atoms with E-state index >= 15 is 0 Å². The van der Waals surface area contributed by atoms with Crippen LogP contribution in [-0.2, 0) is 4.74 Å². The summed E-state index contributed by atoms with van der Waals surface area (Å²) in [4.78, 5) is 3.25. The van der Waals surface area contributed by atoms with Gasteiger partial charge in [-0.2, -0.15) is 0 Å². The second-order valence-electron chi connectivity index (χ2n) is 5.59. The van der Waals surface area contributed by atoms with E-state index < -0.39 is 0 Å². The molecule has 1 aliphatic heterocycles. The fraction of sp³-hybridized carbons (Fsp3) is 0.812. The van der Waals surface area contributed by atoms with E-state index in [2.05, 4.69) is 43.4 Å². The first-order valence-electron chi connectivity index (χ1n) is 8.25. The van der Waals surface area contributed by atoms with Gasteiger partial charge in [0.1, 0.15) is 0 Å². The Bertz CT molecular complexity index is 431. The molecular formula is C16H31N3O2S. The molecule has 1 aromatic rings. The lowest BCUT2D eigenvalue weighted by Gasteiger charge is -2.29. The van der Waals surface area contributed by atoms with Gasteiger partial charge < -0.3 is 9.47 Å². The van der Waals surface area contributed by atoms with Gasteiger partial charge in [0.25, 0.3) is 0 Å². The molecule has 2 heterocycles. The number of hydrogen-bond donors (Lipinski definition) is 1. The zero-order valence-corrected chi connectivity index (χ0v) is 15.5. The number of aromatic nitrogens is 2. The first-order valence-corrected chi connectivity index (χ1v) is 8.70. The first kappa shape index (κ1) is 19.3. The summed E-state index contributed by atoms with van der Waals surface area (Å²) < 4.78 is 12.9. The minimum Gasteiger partial charge on any atom is -0.476 e. The zero-order chi connectivity index (χ0) is 16.5. The highest BCUT2D eigenvalue weighted by atomic mass is 32.1. The third-order valence-electron chi connectivity index (χ3n) is 3.41. The average Bonchev–Trinajstić information content (AvgIpc) is 2.78. The molecule has 0 N–H and O–H groups in total. The lowest BCUT2D eigenvalue weighted by Crippen LogP contribution is -2.39. The van der Waals surface area contributed by atoms with Crippen molar-refractivity contribution in [2.45, 2.75) is 52.0 Å². The maximum atomic E-state index is 5.50. The minimum atomic E-state index is 0.304. The van der Waals surface area contributed by atoms with E-state index in [-0.39, 0.29) is 0 Å². The highest BCUT2D eigenvalue weighted by Crippen LogP contribution is 2.27. The van der Waals surface area contributed by atoms with Crippen molar-refractivity contribution in [1.82, 2.24) is 14.7 Å². The lowest BCUT2D eigenvalue weighted by molar-refractivity contribution is 0.0317. The van der Waals surface area contributed by atoms with E-state index in [4.69, 9.17) is 9.47 Å². The van der Waals surface area contributed by atoms with Crippen LogP contribution in [0.2, 0.25) is 0 Å². The standard InChI is InChI=1S/C13H23N3O2S.C3H8/c1-4-18-13-12(19)11(3)16(14-13)10(2)9-15-5-7-17-8-6-15;1-3-2/h10,19H,4-9H2,1-3H3;3H2,1-2H3/t10-;/m0./s1. The molecule has 0 aromatic carbocycles. The average molecular weight is 330 g/mol. The van der Waals surface area contributed by atoms with E-state index in [1.54, 1.807) is 0 Å². The number of thiol groups is 1. The highest BCUT2D eigenvalue weighted by molar-refractivity contribution is 7.80. The molecule has 0 amide bonds. The fourth-order valence-electron chi connectivity index (χ4n) is 2.38. The van der Waals surface area contributed by atoms with Crippen LogP contribution < -0.4 is 4.74 Å². The molecule has 0 aliphatic carbocycles. The molecule has 1 fully saturated rings. The van der Waals surface area contributed by atoms with Gasteiger partial charge in [-0.15, -0.1) is 17.7 Å². The van der Waals surface area contributed by atoms with E-state index in [0.717, 1.165) is 43.4 Å².